The van der Waals surface area contributed by atoms with Crippen molar-refractivity contribution in [1.82, 2.24) is 0 Å². The van der Waals surface area contributed by atoms with Crippen LogP contribution in [0.5, 0.6) is 0 Å². The fourth-order valence-electron chi connectivity index (χ4n) is 8.57. The van der Waals surface area contributed by atoms with Gasteiger partial charge in [0.25, 0.3) is 0 Å². The third-order valence-corrected chi connectivity index (χ3v) is 15.3. The molecule has 0 amide bonds. The third kappa shape index (κ3) is 53.2. The van der Waals surface area contributed by atoms with Gasteiger partial charge in [-0.25, -0.2) is 9.13 Å². The van der Waals surface area contributed by atoms with Gasteiger partial charge in [-0.15, -0.1) is 0 Å². The highest BCUT2D eigenvalue weighted by atomic mass is 31.2. The van der Waals surface area contributed by atoms with Crippen molar-refractivity contribution in [2.45, 2.75) is 309 Å². The molecule has 19 heteroatoms. The molecular weight excluding hydrogens is 1030 g/mol. The first kappa shape index (κ1) is 75.1. The molecule has 0 aromatic carbocycles. The first-order chi connectivity index (χ1) is 37.2. The predicted octanol–water partition coefficient (Wildman–Crippen LogP) is 15.6. The number of unbranched alkanes of at least 4 members (excludes halogenated alkanes) is 33. The Morgan fingerprint density at radius 1 is 0.312 bits per heavy atom. The van der Waals surface area contributed by atoms with Crippen LogP contribution < -0.4 is 0 Å². The fourth-order valence-corrected chi connectivity index (χ4v) is 10.2. The van der Waals surface area contributed by atoms with Gasteiger partial charge in [0.05, 0.1) is 26.4 Å². The summed E-state index contributed by atoms with van der Waals surface area (Å²) in [7, 11) is -9.85. The van der Waals surface area contributed by atoms with Crippen LogP contribution in [0.2, 0.25) is 0 Å². The molecule has 0 bridgehead atoms. The van der Waals surface area contributed by atoms with Crippen molar-refractivity contribution in [1.29, 1.82) is 0 Å². The van der Waals surface area contributed by atoms with E-state index in [4.69, 9.17) is 37.0 Å². The van der Waals surface area contributed by atoms with E-state index in [1.807, 2.05) is 0 Å². The van der Waals surface area contributed by atoms with E-state index >= 15 is 0 Å². The van der Waals surface area contributed by atoms with E-state index in [-0.39, 0.29) is 25.7 Å². The topological polar surface area (TPSA) is 237 Å². The van der Waals surface area contributed by atoms with Crippen LogP contribution in [0.25, 0.3) is 0 Å². The number of phosphoric ester groups is 2. The van der Waals surface area contributed by atoms with Crippen LogP contribution in [0.4, 0.5) is 0 Å². The number of phosphoric acid groups is 2. The zero-order valence-corrected chi connectivity index (χ0v) is 50.7. The van der Waals surface area contributed by atoms with Crippen molar-refractivity contribution in [3.05, 3.63) is 0 Å². The van der Waals surface area contributed by atoms with Gasteiger partial charge in [-0.2, -0.15) is 0 Å². The van der Waals surface area contributed by atoms with Gasteiger partial charge < -0.3 is 33.8 Å². The molecule has 5 atom stereocenters. The molecule has 2 unspecified atom stereocenters. The molecule has 0 saturated carbocycles. The second kappa shape index (κ2) is 53.4. The van der Waals surface area contributed by atoms with Crippen LogP contribution in [0, 0.1) is 0 Å². The molecule has 0 aromatic rings. The minimum Gasteiger partial charge on any atom is -0.462 e. The Bertz CT molecular complexity index is 1500. The second-order valence-corrected chi connectivity index (χ2v) is 23.9. The van der Waals surface area contributed by atoms with E-state index < -0.39 is 97.5 Å². The number of ether oxygens (including phenoxy) is 4. The van der Waals surface area contributed by atoms with Gasteiger partial charge in [0, 0.05) is 25.7 Å². The molecule has 0 fully saturated rings. The van der Waals surface area contributed by atoms with Gasteiger partial charge in [0.1, 0.15) is 19.3 Å². The third-order valence-electron chi connectivity index (χ3n) is 13.4. The molecular formula is C58H112O17P2. The number of rotatable bonds is 59. The molecule has 77 heavy (non-hydrogen) atoms. The van der Waals surface area contributed by atoms with Gasteiger partial charge in [0.2, 0.25) is 0 Å². The fraction of sp³-hybridized carbons (Fsp3) is 0.931. The maximum Gasteiger partial charge on any atom is 0.472 e. The maximum absolute atomic E-state index is 12.9. The lowest BCUT2D eigenvalue weighted by molar-refractivity contribution is -0.161. The first-order valence-corrected chi connectivity index (χ1v) is 33.8. The van der Waals surface area contributed by atoms with E-state index in [0.29, 0.717) is 25.7 Å². The van der Waals surface area contributed by atoms with E-state index in [0.717, 1.165) is 103 Å². The van der Waals surface area contributed by atoms with E-state index in [9.17, 15) is 43.2 Å². The van der Waals surface area contributed by atoms with Gasteiger partial charge >= 0.3 is 39.5 Å². The number of hydrogen-bond acceptors (Lipinski definition) is 15. The van der Waals surface area contributed by atoms with E-state index in [1.165, 1.54) is 109 Å². The summed E-state index contributed by atoms with van der Waals surface area (Å²) in [6, 6.07) is 0. The van der Waals surface area contributed by atoms with Crippen molar-refractivity contribution in [3.63, 3.8) is 0 Å². The van der Waals surface area contributed by atoms with Gasteiger partial charge in [0.15, 0.2) is 12.2 Å². The summed E-state index contributed by atoms with van der Waals surface area (Å²) in [5.41, 5.74) is 0. The highest BCUT2D eigenvalue weighted by molar-refractivity contribution is 7.47. The smallest absolute Gasteiger partial charge is 0.462 e. The Balaban J connectivity index is 5.01. The molecule has 0 aliphatic carbocycles. The van der Waals surface area contributed by atoms with Gasteiger partial charge in [-0.1, -0.05) is 240 Å². The molecule has 0 rings (SSSR count). The minimum atomic E-state index is -4.93. The number of carbonyl (C=O) groups excluding carboxylic acids is 4. The van der Waals surface area contributed by atoms with E-state index in [2.05, 4.69) is 27.7 Å². The Labute approximate surface area is 467 Å². The zero-order valence-electron chi connectivity index (χ0n) is 48.9. The summed E-state index contributed by atoms with van der Waals surface area (Å²) in [4.78, 5) is 71.3. The average molecular weight is 1140 g/mol. The summed E-state index contributed by atoms with van der Waals surface area (Å²) in [5, 5.41) is 10.4. The highest BCUT2D eigenvalue weighted by Gasteiger charge is 2.30. The van der Waals surface area contributed by atoms with Crippen molar-refractivity contribution in [3.8, 4) is 0 Å². The zero-order chi connectivity index (χ0) is 56.9. The standard InChI is InChI=1S/C58H112O17P2/c1-5-9-13-17-19-21-22-23-24-25-26-27-28-29-30-31-33-37-41-45-58(63)75-54(49-69-56(61)43-39-36-32-20-18-14-10-6-2)51-73-77(66,67)71-47-52(59)46-70-76(64,65)72-50-53(74-57(62)44-40-35-16-12-8-4)48-68-55(60)42-38-34-15-11-7-3/h52-54,59H,5-51H2,1-4H3,(H,64,65)(H,66,67)/t52-,53+,54+/m0/s1. The summed E-state index contributed by atoms with van der Waals surface area (Å²) >= 11 is 0. The van der Waals surface area contributed by atoms with Crippen molar-refractivity contribution >= 4 is 39.5 Å². The molecule has 0 aromatic heterocycles. The lowest BCUT2D eigenvalue weighted by Gasteiger charge is -2.21. The number of aliphatic hydroxyl groups is 1. The molecule has 0 spiro atoms. The molecule has 0 heterocycles. The Hall–Kier alpha value is -1.94. The Morgan fingerprint density at radius 2 is 0.519 bits per heavy atom. The lowest BCUT2D eigenvalue weighted by atomic mass is 10.0. The monoisotopic (exact) mass is 1140 g/mol. The van der Waals surface area contributed by atoms with E-state index in [1.54, 1.807) is 0 Å². The normalized spacial score (nSPS) is 14.3. The predicted molar refractivity (Wildman–Crippen MR) is 303 cm³/mol. The highest BCUT2D eigenvalue weighted by Crippen LogP contribution is 2.45. The first-order valence-electron chi connectivity index (χ1n) is 30.8. The number of aliphatic hydroxyl groups excluding tert-OH is 1. The number of hydrogen-bond donors (Lipinski definition) is 3. The molecule has 3 N–H and O–H groups in total. The summed E-state index contributed by atoms with van der Waals surface area (Å²) in [6.07, 6.45) is 37.2. The number of carbonyl (C=O) groups is 4. The Kier molecular flexibility index (Phi) is 52.0. The number of esters is 4. The van der Waals surface area contributed by atoms with Gasteiger partial charge in [-0.3, -0.25) is 37.3 Å². The van der Waals surface area contributed by atoms with Crippen LogP contribution in [0.3, 0.4) is 0 Å². The average Bonchev–Trinajstić information content (AvgIpc) is 3.40. The van der Waals surface area contributed by atoms with Gasteiger partial charge in [-0.05, 0) is 25.7 Å². The summed E-state index contributed by atoms with van der Waals surface area (Å²) < 4.78 is 67.2. The van der Waals surface area contributed by atoms with Crippen LogP contribution in [0.15, 0.2) is 0 Å². The maximum atomic E-state index is 12.9. The lowest BCUT2D eigenvalue weighted by Crippen LogP contribution is -2.30. The van der Waals surface area contributed by atoms with Crippen LogP contribution in [0.1, 0.15) is 291 Å². The van der Waals surface area contributed by atoms with Crippen LogP contribution in [-0.4, -0.2) is 96.7 Å². The van der Waals surface area contributed by atoms with Crippen molar-refractivity contribution in [2.24, 2.45) is 0 Å². The van der Waals surface area contributed by atoms with Crippen molar-refractivity contribution in [2.75, 3.05) is 39.6 Å². The molecule has 0 radical (unpaired) electrons. The molecule has 0 aliphatic rings. The molecule has 0 aliphatic heterocycles. The Morgan fingerprint density at radius 3 is 0.766 bits per heavy atom. The SMILES string of the molecule is CCCCCCCCCCCCCCCCCCCCCC(=O)O[C@H](COC(=O)CCCCCCCCCC)COP(=O)(O)OC[C@@H](O)COP(=O)(O)OC[C@@H](COC(=O)CCCCCCC)OC(=O)CCCCCCC. The largest absolute Gasteiger partial charge is 0.472 e. The second-order valence-electron chi connectivity index (χ2n) is 21.0. The quantitative estimate of drug-likeness (QED) is 0.0222. The molecule has 456 valence electrons. The van der Waals surface area contributed by atoms with Crippen LogP contribution >= 0.6 is 15.6 Å². The summed E-state index contributed by atoms with van der Waals surface area (Å²) in [6.45, 7) is 4.64. The minimum absolute atomic E-state index is 0.0990. The van der Waals surface area contributed by atoms with Crippen LogP contribution in [-0.2, 0) is 65.4 Å². The molecule has 0 saturated heterocycles. The van der Waals surface area contributed by atoms with Crippen molar-refractivity contribution < 1.29 is 80.2 Å². The molecule has 17 nitrogen and oxygen atoms in total. The summed E-state index contributed by atoms with van der Waals surface area (Å²) in [5.74, 6) is -2.17.